The lowest BCUT2D eigenvalue weighted by molar-refractivity contribution is -0.142. The van der Waals surface area contributed by atoms with Crippen molar-refractivity contribution in [1.29, 1.82) is 0 Å². The van der Waals surface area contributed by atoms with E-state index in [2.05, 4.69) is 4.98 Å². The normalized spacial score (nSPS) is 19.0. The van der Waals surface area contributed by atoms with Gasteiger partial charge in [0.2, 0.25) is 0 Å². The van der Waals surface area contributed by atoms with Gasteiger partial charge in [-0.05, 0) is 31.4 Å². The summed E-state index contributed by atoms with van der Waals surface area (Å²) in [5.74, 6) is -0.828. The van der Waals surface area contributed by atoms with Crippen molar-refractivity contribution in [1.82, 2.24) is 4.98 Å². The second-order valence-corrected chi connectivity index (χ2v) is 4.49. The number of primary amides is 1. The van der Waals surface area contributed by atoms with E-state index in [4.69, 9.17) is 10.5 Å². The zero-order valence-corrected chi connectivity index (χ0v) is 10.8. The number of rotatable bonds is 3. The maximum absolute atomic E-state index is 11.8. The summed E-state index contributed by atoms with van der Waals surface area (Å²) in [6.07, 6.45) is 4.27. The van der Waals surface area contributed by atoms with Crippen molar-refractivity contribution in [2.24, 2.45) is 5.73 Å². The molecule has 1 aromatic heterocycles. The lowest BCUT2D eigenvalue weighted by Crippen LogP contribution is -2.45. The van der Waals surface area contributed by atoms with Gasteiger partial charge in [0.15, 0.2) is 0 Å². The van der Waals surface area contributed by atoms with Crippen molar-refractivity contribution in [2.75, 3.05) is 18.6 Å². The van der Waals surface area contributed by atoms with Crippen LogP contribution in [0.4, 0.5) is 5.69 Å². The summed E-state index contributed by atoms with van der Waals surface area (Å²) >= 11 is 0. The molecule has 1 unspecified atom stereocenters. The number of ether oxygens (including phenoxy) is 1. The predicted octanol–water partition coefficient (Wildman–Crippen LogP) is 0.712. The molecule has 6 nitrogen and oxygen atoms in total. The zero-order valence-electron chi connectivity index (χ0n) is 10.8. The third-order valence-corrected chi connectivity index (χ3v) is 3.30. The number of hydrogen-bond donors (Lipinski definition) is 1. The summed E-state index contributed by atoms with van der Waals surface area (Å²) in [6, 6.07) is 3.08. The Kier molecular flexibility index (Phi) is 3.99. The number of methoxy groups -OCH3 is 1. The van der Waals surface area contributed by atoms with Crippen molar-refractivity contribution in [2.45, 2.75) is 25.3 Å². The fourth-order valence-electron chi connectivity index (χ4n) is 2.35. The summed E-state index contributed by atoms with van der Waals surface area (Å²) in [6.45, 7) is 0.752. The smallest absolute Gasteiger partial charge is 0.328 e. The number of aromatic nitrogens is 1. The monoisotopic (exact) mass is 263 g/mol. The van der Waals surface area contributed by atoms with Gasteiger partial charge in [-0.2, -0.15) is 0 Å². The minimum atomic E-state index is -0.575. The number of carbonyl (C=O) groups excluding carboxylic acids is 2. The Balaban J connectivity index is 2.29. The Hall–Kier alpha value is -2.11. The zero-order chi connectivity index (χ0) is 13.8. The third-order valence-electron chi connectivity index (χ3n) is 3.30. The van der Waals surface area contributed by atoms with Crippen LogP contribution in [0.2, 0.25) is 0 Å². The fraction of sp³-hybridized carbons (Fsp3) is 0.462. The van der Waals surface area contributed by atoms with Crippen LogP contribution in [0.5, 0.6) is 0 Å². The molecule has 1 aliphatic heterocycles. The standard InChI is InChI=1S/C13H17N3O3/c1-19-13(18)11-4-2-3-7-16(11)9-5-6-15-10(8-9)12(14)17/h5-6,8,11H,2-4,7H2,1H3,(H2,14,17). The number of hydrogen-bond acceptors (Lipinski definition) is 5. The van der Waals surface area contributed by atoms with E-state index in [1.165, 1.54) is 13.3 Å². The van der Waals surface area contributed by atoms with Crippen molar-refractivity contribution in [3.8, 4) is 0 Å². The topological polar surface area (TPSA) is 85.5 Å². The molecule has 19 heavy (non-hydrogen) atoms. The van der Waals surface area contributed by atoms with E-state index in [1.807, 2.05) is 4.90 Å². The fourth-order valence-corrected chi connectivity index (χ4v) is 2.35. The highest BCUT2D eigenvalue weighted by molar-refractivity contribution is 5.92. The molecule has 1 fully saturated rings. The molecule has 102 valence electrons. The number of nitrogens with two attached hydrogens (primary N) is 1. The molecule has 2 N–H and O–H groups in total. The van der Waals surface area contributed by atoms with Crippen molar-refractivity contribution in [3.63, 3.8) is 0 Å². The van der Waals surface area contributed by atoms with E-state index in [-0.39, 0.29) is 17.7 Å². The van der Waals surface area contributed by atoms with Crippen LogP contribution in [-0.4, -0.2) is 36.6 Å². The summed E-state index contributed by atoms with van der Waals surface area (Å²) in [4.78, 5) is 28.8. The van der Waals surface area contributed by atoms with Gasteiger partial charge in [-0.3, -0.25) is 9.78 Å². The molecule has 1 amide bonds. The molecular formula is C13H17N3O3. The molecule has 1 saturated heterocycles. The molecule has 1 aromatic rings. The Morgan fingerprint density at radius 1 is 1.47 bits per heavy atom. The largest absolute Gasteiger partial charge is 0.467 e. The van der Waals surface area contributed by atoms with Gasteiger partial charge in [-0.25, -0.2) is 4.79 Å². The first-order chi connectivity index (χ1) is 9.13. The molecule has 0 spiro atoms. The Bertz CT molecular complexity index is 490. The Morgan fingerprint density at radius 3 is 2.95 bits per heavy atom. The van der Waals surface area contributed by atoms with Crippen molar-refractivity contribution >= 4 is 17.6 Å². The number of piperidine rings is 1. The number of carbonyl (C=O) groups is 2. The van der Waals surface area contributed by atoms with Crippen LogP contribution in [0, 0.1) is 0 Å². The summed E-state index contributed by atoms with van der Waals surface area (Å²) in [5, 5.41) is 0. The lowest BCUT2D eigenvalue weighted by Gasteiger charge is -2.35. The Labute approximate surface area is 111 Å². The van der Waals surface area contributed by atoms with E-state index in [0.717, 1.165) is 31.5 Å². The van der Waals surface area contributed by atoms with E-state index >= 15 is 0 Å². The summed E-state index contributed by atoms with van der Waals surface area (Å²) < 4.78 is 4.83. The number of amides is 1. The number of anilines is 1. The molecule has 2 heterocycles. The highest BCUT2D eigenvalue weighted by Crippen LogP contribution is 2.25. The molecule has 0 bridgehead atoms. The van der Waals surface area contributed by atoms with Gasteiger partial charge in [0.05, 0.1) is 7.11 Å². The summed E-state index contributed by atoms with van der Waals surface area (Å²) in [7, 11) is 1.39. The van der Waals surface area contributed by atoms with Crippen LogP contribution in [0.3, 0.4) is 0 Å². The average Bonchev–Trinajstić information content (AvgIpc) is 2.46. The highest BCUT2D eigenvalue weighted by atomic mass is 16.5. The first-order valence-corrected chi connectivity index (χ1v) is 6.24. The summed E-state index contributed by atoms with van der Waals surface area (Å²) in [5.41, 5.74) is 6.20. The molecule has 2 rings (SSSR count). The van der Waals surface area contributed by atoms with Crippen LogP contribution in [0.25, 0.3) is 0 Å². The van der Waals surface area contributed by atoms with Gasteiger partial charge in [0.25, 0.3) is 5.91 Å². The predicted molar refractivity (Wildman–Crippen MR) is 69.8 cm³/mol. The van der Waals surface area contributed by atoms with Gasteiger partial charge in [0.1, 0.15) is 11.7 Å². The average molecular weight is 263 g/mol. The van der Waals surface area contributed by atoms with Crippen molar-refractivity contribution in [3.05, 3.63) is 24.0 Å². The van der Waals surface area contributed by atoms with Crippen LogP contribution in [0.1, 0.15) is 29.8 Å². The molecule has 0 aliphatic carbocycles. The van der Waals surface area contributed by atoms with E-state index in [1.54, 1.807) is 12.1 Å². The molecule has 6 heteroatoms. The van der Waals surface area contributed by atoms with Gasteiger partial charge in [-0.15, -0.1) is 0 Å². The second kappa shape index (κ2) is 5.69. The van der Waals surface area contributed by atoms with Crippen LogP contribution >= 0.6 is 0 Å². The minimum absolute atomic E-state index is 0.201. The molecule has 0 saturated carbocycles. The Morgan fingerprint density at radius 2 is 2.26 bits per heavy atom. The molecule has 0 aromatic carbocycles. The molecule has 1 aliphatic rings. The first kappa shape index (κ1) is 13.3. The van der Waals surface area contributed by atoms with Gasteiger partial charge in [-0.1, -0.05) is 0 Å². The van der Waals surface area contributed by atoms with E-state index in [0.29, 0.717) is 0 Å². The highest BCUT2D eigenvalue weighted by Gasteiger charge is 2.29. The first-order valence-electron chi connectivity index (χ1n) is 6.24. The minimum Gasteiger partial charge on any atom is -0.467 e. The van der Waals surface area contributed by atoms with Crippen LogP contribution in [0.15, 0.2) is 18.3 Å². The number of esters is 1. The third kappa shape index (κ3) is 2.83. The molecule has 0 radical (unpaired) electrons. The lowest BCUT2D eigenvalue weighted by atomic mass is 10.0. The van der Waals surface area contributed by atoms with Crippen molar-refractivity contribution < 1.29 is 14.3 Å². The van der Waals surface area contributed by atoms with Gasteiger partial charge in [0, 0.05) is 18.4 Å². The number of pyridine rings is 1. The maximum Gasteiger partial charge on any atom is 0.328 e. The van der Waals surface area contributed by atoms with Crippen LogP contribution in [-0.2, 0) is 9.53 Å². The van der Waals surface area contributed by atoms with E-state index in [9.17, 15) is 9.59 Å². The molecule has 1 atom stereocenters. The SMILES string of the molecule is COC(=O)C1CCCCN1c1ccnc(C(N)=O)c1. The maximum atomic E-state index is 11.8. The van der Waals surface area contributed by atoms with Gasteiger partial charge < -0.3 is 15.4 Å². The van der Waals surface area contributed by atoms with Crippen LogP contribution < -0.4 is 10.6 Å². The van der Waals surface area contributed by atoms with Gasteiger partial charge >= 0.3 is 5.97 Å². The van der Waals surface area contributed by atoms with E-state index < -0.39 is 5.91 Å². The quantitative estimate of drug-likeness (QED) is 0.812. The molecular weight excluding hydrogens is 246 g/mol. The second-order valence-electron chi connectivity index (χ2n) is 4.49. The number of nitrogens with zero attached hydrogens (tertiary/aromatic N) is 2.